The van der Waals surface area contributed by atoms with E-state index in [1.165, 1.54) is 39.8 Å². The Morgan fingerprint density at radius 2 is 2.15 bits per heavy atom. The summed E-state index contributed by atoms with van der Waals surface area (Å²) in [5, 5.41) is 13.6. The van der Waals surface area contributed by atoms with Gasteiger partial charge in [0.25, 0.3) is 0 Å². The number of nitrogens with one attached hydrogen (secondary N) is 1. The predicted molar refractivity (Wildman–Crippen MR) is 92.6 cm³/mol. The van der Waals surface area contributed by atoms with E-state index in [4.69, 9.17) is 5.11 Å². The number of carbonyl (C=O) groups excluding carboxylic acids is 2. The summed E-state index contributed by atoms with van der Waals surface area (Å²) in [5.74, 6) is -2.71. The Bertz CT molecular complexity index is 854. The van der Waals surface area contributed by atoms with Crippen LogP contribution in [-0.4, -0.2) is 41.0 Å². The van der Waals surface area contributed by atoms with E-state index in [0.717, 1.165) is 0 Å². The highest BCUT2D eigenvalue weighted by Gasteiger charge is 2.35. The van der Waals surface area contributed by atoms with E-state index in [1.807, 2.05) is 0 Å². The number of benzene rings is 1. The summed E-state index contributed by atoms with van der Waals surface area (Å²) in [6.07, 6.45) is 0.433. The lowest BCUT2D eigenvalue weighted by Gasteiger charge is -2.17. The molecule has 26 heavy (non-hydrogen) atoms. The van der Waals surface area contributed by atoms with Crippen LogP contribution in [-0.2, 0) is 16.0 Å². The maximum Gasteiger partial charge on any atom is 0.355 e. The largest absolute Gasteiger partial charge is 0.476 e. The first kappa shape index (κ1) is 18.0. The molecule has 7 nitrogen and oxygen atoms in total. The number of hydrogen-bond donors (Lipinski definition) is 2. The highest BCUT2D eigenvalue weighted by molar-refractivity contribution is 7.09. The molecule has 0 radical (unpaired) electrons. The SMILES string of the molecule is O=C(O)c1csc(CCNC(=O)C2CC(=O)N(c3ccccc3F)C2)n1. The summed E-state index contributed by atoms with van der Waals surface area (Å²) < 4.78 is 13.9. The number of anilines is 1. The van der Waals surface area contributed by atoms with Crippen molar-refractivity contribution in [2.24, 2.45) is 5.92 Å². The average molecular weight is 377 g/mol. The quantitative estimate of drug-likeness (QED) is 0.798. The Labute approximate surface area is 152 Å². The van der Waals surface area contributed by atoms with E-state index in [0.29, 0.717) is 11.4 Å². The smallest absolute Gasteiger partial charge is 0.355 e. The minimum Gasteiger partial charge on any atom is -0.476 e. The molecular weight excluding hydrogens is 361 g/mol. The number of thiazole rings is 1. The zero-order chi connectivity index (χ0) is 18.7. The van der Waals surface area contributed by atoms with Gasteiger partial charge in [0.05, 0.1) is 16.6 Å². The molecule has 1 unspecified atom stereocenters. The normalized spacial score (nSPS) is 16.7. The molecule has 1 aromatic carbocycles. The van der Waals surface area contributed by atoms with Crippen LogP contribution in [0.5, 0.6) is 0 Å². The topological polar surface area (TPSA) is 99.6 Å². The van der Waals surface area contributed by atoms with Crippen molar-refractivity contribution in [1.29, 1.82) is 0 Å². The lowest BCUT2D eigenvalue weighted by molar-refractivity contribution is -0.126. The summed E-state index contributed by atoms with van der Waals surface area (Å²) in [7, 11) is 0. The van der Waals surface area contributed by atoms with Crippen LogP contribution in [0.25, 0.3) is 0 Å². The van der Waals surface area contributed by atoms with Crippen LogP contribution in [0.2, 0.25) is 0 Å². The van der Waals surface area contributed by atoms with E-state index in [9.17, 15) is 18.8 Å². The Morgan fingerprint density at radius 1 is 1.38 bits per heavy atom. The van der Waals surface area contributed by atoms with Crippen molar-refractivity contribution in [3.8, 4) is 0 Å². The van der Waals surface area contributed by atoms with E-state index >= 15 is 0 Å². The predicted octanol–water partition coefficient (Wildman–Crippen LogP) is 1.69. The maximum atomic E-state index is 13.9. The van der Waals surface area contributed by atoms with Gasteiger partial charge >= 0.3 is 5.97 Å². The molecule has 1 aliphatic heterocycles. The number of carboxylic acids is 1. The van der Waals surface area contributed by atoms with E-state index in [1.54, 1.807) is 6.07 Å². The number of amides is 2. The first-order chi connectivity index (χ1) is 12.5. The van der Waals surface area contributed by atoms with Crippen molar-refractivity contribution in [2.75, 3.05) is 18.0 Å². The Hall–Kier alpha value is -2.81. The fourth-order valence-electron chi connectivity index (χ4n) is 2.75. The van der Waals surface area contributed by atoms with E-state index in [-0.39, 0.29) is 42.7 Å². The molecule has 2 heterocycles. The standard InChI is InChI=1S/C17H16FN3O4S/c18-11-3-1-2-4-13(11)21-8-10(7-15(21)22)16(23)19-6-5-14-20-12(9-26-14)17(24)25/h1-4,9-10H,5-8H2,(H,19,23)(H,24,25). The van der Waals surface area contributed by atoms with Gasteiger partial charge in [0.1, 0.15) is 5.82 Å². The van der Waals surface area contributed by atoms with Crippen molar-refractivity contribution >= 4 is 34.8 Å². The molecule has 2 N–H and O–H groups in total. The summed E-state index contributed by atoms with van der Waals surface area (Å²) in [6.45, 7) is 0.418. The monoisotopic (exact) mass is 377 g/mol. The lowest BCUT2D eigenvalue weighted by atomic mass is 10.1. The first-order valence-electron chi connectivity index (χ1n) is 7.96. The zero-order valence-electron chi connectivity index (χ0n) is 13.6. The lowest BCUT2D eigenvalue weighted by Crippen LogP contribution is -2.34. The molecule has 136 valence electrons. The third-order valence-electron chi connectivity index (χ3n) is 4.05. The number of nitrogens with zero attached hydrogens (tertiary/aromatic N) is 2. The van der Waals surface area contributed by atoms with Crippen molar-refractivity contribution in [1.82, 2.24) is 10.3 Å². The van der Waals surface area contributed by atoms with Crippen LogP contribution in [0.3, 0.4) is 0 Å². The summed E-state index contributed by atoms with van der Waals surface area (Å²) >= 11 is 1.21. The van der Waals surface area contributed by atoms with Gasteiger partial charge < -0.3 is 15.3 Å². The molecule has 1 atom stereocenters. The molecule has 0 aliphatic carbocycles. The molecule has 3 rings (SSSR count). The van der Waals surface area contributed by atoms with Crippen molar-refractivity contribution in [3.05, 3.63) is 46.2 Å². The maximum absolute atomic E-state index is 13.9. The second-order valence-corrected chi connectivity index (χ2v) is 6.77. The van der Waals surface area contributed by atoms with Crippen LogP contribution >= 0.6 is 11.3 Å². The number of carboxylic acid groups (broad SMARTS) is 1. The number of para-hydroxylation sites is 1. The van der Waals surface area contributed by atoms with E-state index in [2.05, 4.69) is 10.3 Å². The van der Waals surface area contributed by atoms with Gasteiger partial charge in [-0.25, -0.2) is 14.2 Å². The Kier molecular flexibility index (Phi) is 5.27. The van der Waals surface area contributed by atoms with Gasteiger partial charge in [0.2, 0.25) is 11.8 Å². The number of rotatable bonds is 6. The zero-order valence-corrected chi connectivity index (χ0v) is 14.5. The molecule has 1 aromatic heterocycles. The second-order valence-electron chi connectivity index (χ2n) is 5.83. The van der Waals surface area contributed by atoms with Gasteiger partial charge in [-0.1, -0.05) is 12.1 Å². The van der Waals surface area contributed by atoms with Crippen LogP contribution < -0.4 is 10.2 Å². The minimum absolute atomic E-state index is 0.0155. The van der Waals surface area contributed by atoms with Crippen molar-refractivity contribution in [2.45, 2.75) is 12.8 Å². The highest BCUT2D eigenvalue weighted by atomic mass is 32.1. The van der Waals surface area contributed by atoms with Gasteiger partial charge in [-0.05, 0) is 12.1 Å². The molecule has 0 spiro atoms. The molecule has 1 fully saturated rings. The third-order valence-corrected chi connectivity index (χ3v) is 4.96. The van der Waals surface area contributed by atoms with Crippen LogP contribution in [0.15, 0.2) is 29.6 Å². The molecule has 1 aliphatic rings. The van der Waals surface area contributed by atoms with Gasteiger partial charge in [0, 0.05) is 31.3 Å². The van der Waals surface area contributed by atoms with Crippen molar-refractivity contribution < 1.29 is 23.9 Å². The van der Waals surface area contributed by atoms with E-state index < -0.39 is 17.7 Å². The Balaban J connectivity index is 1.53. The summed E-state index contributed by atoms with van der Waals surface area (Å²) in [5.41, 5.74) is 0.162. The number of halogens is 1. The average Bonchev–Trinajstić information content (AvgIpc) is 3.22. The van der Waals surface area contributed by atoms with Crippen LogP contribution in [0, 0.1) is 11.7 Å². The fourth-order valence-corrected chi connectivity index (χ4v) is 3.52. The first-order valence-corrected chi connectivity index (χ1v) is 8.84. The molecule has 2 amide bonds. The molecular formula is C17H16FN3O4S. The highest BCUT2D eigenvalue weighted by Crippen LogP contribution is 2.27. The third kappa shape index (κ3) is 3.88. The number of hydrogen-bond acceptors (Lipinski definition) is 5. The number of aromatic carboxylic acids is 1. The molecule has 0 bridgehead atoms. The molecule has 0 saturated carbocycles. The van der Waals surface area contributed by atoms with Gasteiger partial charge in [-0.2, -0.15) is 0 Å². The van der Waals surface area contributed by atoms with Gasteiger partial charge in [-0.3, -0.25) is 9.59 Å². The fraction of sp³-hybridized carbons (Fsp3) is 0.294. The Morgan fingerprint density at radius 3 is 2.85 bits per heavy atom. The number of aromatic nitrogens is 1. The van der Waals surface area contributed by atoms with Gasteiger partial charge in [0.15, 0.2) is 5.69 Å². The second kappa shape index (κ2) is 7.61. The summed E-state index contributed by atoms with van der Waals surface area (Å²) in [6, 6.07) is 5.96. The van der Waals surface area contributed by atoms with Crippen LogP contribution in [0.4, 0.5) is 10.1 Å². The minimum atomic E-state index is -1.09. The molecule has 9 heteroatoms. The van der Waals surface area contributed by atoms with Crippen molar-refractivity contribution in [3.63, 3.8) is 0 Å². The summed E-state index contributed by atoms with van der Waals surface area (Å²) in [4.78, 5) is 40.4. The van der Waals surface area contributed by atoms with Crippen LogP contribution in [0.1, 0.15) is 21.9 Å². The van der Waals surface area contributed by atoms with Gasteiger partial charge in [-0.15, -0.1) is 11.3 Å². The molecule has 2 aromatic rings. The molecule has 1 saturated heterocycles. The number of carbonyl (C=O) groups is 3.